The molecule has 0 unspecified atom stereocenters. The molecule has 0 radical (unpaired) electrons. The highest BCUT2D eigenvalue weighted by molar-refractivity contribution is 5.90. The molecule has 4 heteroatoms. The Bertz CT molecular complexity index is 299. The van der Waals surface area contributed by atoms with E-state index in [1.54, 1.807) is 12.3 Å². The van der Waals surface area contributed by atoms with Crippen LogP contribution < -0.4 is 5.32 Å². The summed E-state index contributed by atoms with van der Waals surface area (Å²) in [5.41, 5.74) is 0.802. The maximum Gasteiger partial charge on any atom is 0.289 e. The standard InChI is InChI=1S/C9H13N3O/c1-3-5-11-9(13)8-10-6-4-7(2)12-8/h4,6H,3,5H2,1-2H3,(H,11,13). The van der Waals surface area contributed by atoms with Crippen LogP contribution in [0.2, 0.25) is 0 Å². The average molecular weight is 179 g/mol. The Morgan fingerprint density at radius 3 is 3.00 bits per heavy atom. The molecule has 1 aromatic rings. The zero-order valence-corrected chi connectivity index (χ0v) is 7.87. The van der Waals surface area contributed by atoms with Crippen molar-refractivity contribution in [3.63, 3.8) is 0 Å². The van der Waals surface area contributed by atoms with Crippen LogP contribution in [0.4, 0.5) is 0 Å². The van der Waals surface area contributed by atoms with Crippen molar-refractivity contribution < 1.29 is 4.79 Å². The lowest BCUT2D eigenvalue weighted by atomic mass is 10.4. The summed E-state index contributed by atoms with van der Waals surface area (Å²) in [6.45, 7) is 4.49. The molecule has 1 aromatic heterocycles. The number of aromatic nitrogens is 2. The number of nitrogens with zero attached hydrogens (tertiary/aromatic N) is 2. The maximum absolute atomic E-state index is 11.3. The van der Waals surface area contributed by atoms with Crippen molar-refractivity contribution in [2.45, 2.75) is 20.3 Å². The molecule has 0 fully saturated rings. The van der Waals surface area contributed by atoms with E-state index in [2.05, 4.69) is 15.3 Å². The van der Waals surface area contributed by atoms with Crippen molar-refractivity contribution in [3.8, 4) is 0 Å². The monoisotopic (exact) mass is 179 g/mol. The first-order valence-electron chi connectivity index (χ1n) is 4.32. The number of amides is 1. The van der Waals surface area contributed by atoms with Gasteiger partial charge in [0.05, 0.1) is 0 Å². The highest BCUT2D eigenvalue weighted by atomic mass is 16.2. The fourth-order valence-electron chi connectivity index (χ4n) is 0.876. The molecule has 0 aliphatic carbocycles. The van der Waals surface area contributed by atoms with Gasteiger partial charge in [0, 0.05) is 18.4 Å². The molecule has 0 aromatic carbocycles. The molecule has 0 bridgehead atoms. The summed E-state index contributed by atoms with van der Waals surface area (Å²) in [7, 11) is 0. The molecule has 1 heterocycles. The second-order valence-electron chi connectivity index (χ2n) is 2.78. The molecule has 70 valence electrons. The van der Waals surface area contributed by atoms with Gasteiger partial charge in [0.1, 0.15) is 0 Å². The third-order valence-electron chi connectivity index (χ3n) is 1.53. The van der Waals surface area contributed by atoms with Crippen molar-refractivity contribution >= 4 is 5.91 Å². The van der Waals surface area contributed by atoms with Crippen LogP contribution in [0, 0.1) is 6.92 Å². The predicted molar refractivity (Wildman–Crippen MR) is 49.4 cm³/mol. The first-order chi connectivity index (χ1) is 6.24. The van der Waals surface area contributed by atoms with Crippen molar-refractivity contribution in [1.29, 1.82) is 0 Å². The third kappa shape index (κ3) is 2.82. The van der Waals surface area contributed by atoms with Gasteiger partial charge in [-0.25, -0.2) is 9.97 Å². The number of carbonyl (C=O) groups is 1. The molecule has 0 spiro atoms. The summed E-state index contributed by atoms with van der Waals surface area (Å²) in [5, 5.41) is 2.71. The van der Waals surface area contributed by atoms with Gasteiger partial charge in [-0.15, -0.1) is 0 Å². The van der Waals surface area contributed by atoms with E-state index in [0.717, 1.165) is 12.1 Å². The van der Waals surface area contributed by atoms with Crippen LogP contribution in [0.15, 0.2) is 12.3 Å². The molecule has 1 N–H and O–H groups in total. The van der Waals surface area contributed by atoms with Crippen molar-refractivity contribution in [3.05, 3.63) is 23.8 Å². The quantitative estimate of drug-likeness (QED) is 0.750. The average Bonchev–Trinajstić information content (AvgIpc) is 2.14. The summed E-state index contributed by atoms with van der Waals surface area (Å²) in [4.78, 5) is 19.2. The van der Waals surface area contributed by atoms with Crippen LogP contribution in [0.25, 0.3) is 0 Å². The van der Waals surface area contributed by atoms with E-state index >= 15 is 0 Å². The minimum Gasteiger partial charge on any atom is -0.349 e. The lowest BCUT2D eigenvalue weighted by molar-refractivity contribution is 0.0943. The Kier molecular flexibility index (Phi) is 3.37. The molecule has 0 aliphatic rings. The van der Waals surface area contributed by atoms with Gasteiger partial charge in [-0.2, -0.15) is 0 Å². The normalized spacial score (nSPS) is 9.69. The number of hydrogen-bond acceptors (Lipinski definition) is 3. The van der Waals surface area contributed by atoms with Gasteiger partial charge in [0.2, 0.25) is 5.82 Å². The Morgan fingerprint density at radius 1 is 1.62 bits per heavy atom. The van der Waals surface area contributed by atoms with E-state index in [9.17, 15) is 4.79 Å². The van der Waals surface area contributed by atoms with Crippen LogP contribution in [0.5, 0.6) is 0 Å². The van der Waals surface area contributed by atoms with Crippen molar-refractivity contribution in [1.82, 2.24) is 15.3 Å². The van der Waals surface area contributed by atoms with E-state index in [-0.39, 0.29) is 11.7 Å². The SMILES string of the molecule is CCCNC(=O)c1nccc(C)n1. The molecular formula is C9H13N3O. The van der Waals surface area contributed by atoms with Gasteiger partial charge < -0.3 is 5.32 Å². The smallest absolute Gasteiger partial charge is 0.289 e. The Labute approximate surface area is 77.4 Å². The largest absolute Gasteiger partial charge is 0.349 e. The number of hydrogen-bond donors (Lipinski definition) is 1. The van der Waals surface area contributed by atoms with Gasteiger partial charge >= 0.3 is 0 Å². The fourth-order valence-corrected chi connectivity index (χ4v) is 0.876. The van der Waals surface area contributed by atoms with E-state index in [1.807, 2.05) is 13.8 Å². The number of rotatable bonds is 3. The Hall–Kier alpha value is -1.45. The first-order valence-corrected chi connectivity index (χ1v) is 4.32. The highest BCUT2D eigenvalue weighted by Crippen LogP contribution is 1.92. The number of nitrogens with one attached hydrogen (secondary N) is 1. The second-order valence-corrected chi connectivity index (χ2v) is 2.78. The Morgan fingerprint density at radius 2 is 2.38 bits per heavy atom. The molecule has 4 nitrogen and oxygen atoms in total. The van der Waals surface area contributed by atoms with Crippen LogP contribution in [-0.2, 0) is 0 Å². The fraction of sp³-hybridized carbons (Fsp3) is 0.444. The Balaban J connectivity index is 2.66. The zero-order valence-electron chi connectivity index (χ0n) is 7.87. The second kappa shape index (κ2) is 4.54. The summed E-state index contributed by atoms with van der Waals surface area (Å²) in [6, 6.07) is 1.76. The van der Waals surface area contributed by atoms with Gasteiger partial charge in [0.15, 0.2) is 0 Å². The van der Waals surface area contributed by atoms with Gasteiger partial charge in [-0.1, -0.05) is 6.92 Å². The zero-order chi connectivity index (χ0) is 9.68. The maximum atomic E-state index is 11.3. The molecule has 0 saturated carbocycles. The van der Waals surface area contributed by atoms with Gasteiger partial charge in [0.25, 0.3) is 5.91 Å². The van der Waals surface area contributed by atoms with Crippen LogP contribution in [0.1, 0.15) is 29.7 Å². The molecule has 1 amide bonds. The molecule has 0 saturated heterocycles. The highest BCUT2D eigenvalue weighted by Gasteiger charge is 2.06. The van der Waals surface area contributed by atoms with Crippen molar-refractivity contribution in [2.75, 3.05) is 6.54 Å². The summed E-state index contributed by atoms with van der Waals surface area (Å²) in [6.07, 6.45) is 2.50. The predicted octanol–water partition coefficient (Wildman–Crippen LogP) is 0.925. The molecule has 0 atom stereocenters. The lowest BCUT2D eigenvalue weighted by Gasteiger charge is -2.01. The van der Waals surface area contributed by atoms with Crippen molar-refractivity contribution in [2.24, 2.45) is 0 Å². The molecular weight excluding hydrogens is 166 g/mol. The van der Waals surface area contributed by atoms with E-state index in [1.165, 1.54) is 0 Å². The topological polar surface area (TPSA) is 54.9 Å². The molecule has 0 aliphatic heterocycles. The van der Waals surface area contributed by atoms with Crippen LogP contribution in [-0.4, -0.2) is 22.4 Å². The minimum atomic E-state index is -0.203. The van der Waals surface area contributed by atoms with Crippen LogP contribution >= 0.6 is 0 Å². The summed E-state index contributed by atoms with van der Waals surface area (Å²) < 4.78 is 0. The van der Waals surface area contributed by atoms with E-state index in [4.69, 9.17) is 0 Å². The first kappa shape index (κ1) is 9.64. The van der Waals surface area contributed by atoms with Crippen LogP contribution in [0.3, 0.4) is 0 Å². The number of carbonyl (C=O) groups excluding carboxylic acids is 1. The summed E-state index contributed by atoms with van der Waals surface area (Å²) >= 11 is 0. The summed E-state index contributed by atoms with van der Waals surface area (Å²) in [5.74, 6) is 0.0407. The van der Waals surface area contributed by atoms with E-state index in [0.29, 0.717) is 6.54 Å². The molecule has 1 rings (SSSR count). The van der Waals surface area contributed by atoms with Gasteiger partial charge in [-0.3, -0.25) is 4.79 Å². The lowest BCUT2D eigenvalue weighted by Crippen LogP contribution is -2.26. The third-order valence-corrected chi connectivity index (χ3v) is 1.53. The number of aryl methyl sites for hydroxylation is 1. The van der Waals surface area contributed by atoms with E-state index < -0.39 is 0 Å². The molecule has 13 heavy (non-hydrogen) atoms. The van der Waals surface area contributed by atoms with Gasteiger partial charge in [-0.05, 0) is 19.4 Å². The minimum absolute atomic E-state index is 0.203.